The largest absolute Gasteiger partial charge is 0.495 e. The van der Waals surface area contributed by atoms with Crippen molar-refractivity contribution in [2.75, 3.05) is 18.5 Å². The third-order valence-corrected chi connectivity index (χ3v) is 9.50. The third kappa shape index (κ3) is 5.34. The molecule has 6 nitrogen and oxygen atoms in total. The standard InChI is InChI=1S/C25H29ClN2O4S2/c1-28(34(30,31)20-11-12-22(32-2)21(26)16-20)19-10-13-23-17(14-19)15-24(33-23)25(29)27-18-8-6-4-3-5-7-9-18/h10-16,18H,3-9H2,1-2H3,(H,27,29). The van der Waals surface area contributed by atoms with Crippen LogP contribution in [0.15, 0.2) is 47.4 Å². The molecule has 1 aromatic heterocycles. The van der Waals surface area contributed by atoms with Crippen molar-refractivity contribution in [3.8, 4) is 5.75 Å². The number of benzene rings is 2. The average Bonchev–Trinajstić information content (AvgIpc) is 3.23. The Balaban J connectivity index is 1.54. The lowest BCUT2D eigenvalue weighted by atomic mass is 9.97. The zero-order valence-corrected chi connectivity index (χ0v) is 21.7. The highest BCUT2D eigenvalue weighted by Crippen LogP contribution is 2.33. The molecule has 34 heavy (non-hydrogen) atoms. The zero-order valence-electron chi connectivity index (χ0n) is 19.3. The van der Waals surface area contributed by atoms with Crippen LogP contribution in [0.5, 0.6) is 5.75 Å². The van der Waals surface area contributed by atoms with Gasteiger partial charge in [-0.25, -0.2) is 8.42 Å². The number of anilines is 1. The second kappa shape index (κ2) is 10.5. The summed E-state index contributed by atoms with van der Waals surface area (Å²) < 4.78 is 33.6. The molecule has 4 rings (SSSR count). The lowest BCUT2D eigenvalue weighted by Gasteiger charge is -2.20. The lowest BCUT2D eigenvalue weighted by Crippen LogP contribution is -2.34. The second-order valence-corrected chi connectivity index (χ2v) is 12.1. The van der Waals surface area contributed by atoms with E-state index in [0.29, 0.717) is 16.3 Å². The van der Waals surface area contributed by atoms with Crippen molar-refractivity contribution in [2.24, 2.45) is 0 Å². The predicted molar refractivity (Wildman–Crippen MR) is 139 cm³/mol. The lowest BCUT2D eigenvalue weighted by molar-refractivity contribution is 0.0934. The van der Waals surface area contributed by atoms with Gasteiger partial charge in [0.25, 0.3) is 15.9 Å². The van der Waals surface area contributed by atoms with Crippen molar-refractivity contribution in [3.63, 3.8) is 0 Å². The number of nitrogens with zero attached hydrogens (tertiary/aromatic N) is 1. The SMILES string of the molecule is COc1ccc(S(=O)(=O)N(C)c2ccc3sc(C(=O)NC4CCCCCCC4)cc3c2)cc1Cl. The van der Waals surface area contributed by atoms with E-state index >= 15 is 0 Å². The number of hydrogen-bond acceptors (Lipinski definition) is 5. The molecule has 0 radical (unpaired) electrons. The van der Waals surface area contributed by atoms with Crippen molar-refractivity contribution in [1.29, 1.82) is 0 Å². The van der Waals surface area contributed by atoms with Crippen LogP contribution in [0.25, 0.3) is 10.1 Å². The quantitative estimate of drug-likeness (QED) is 0.418. The number of carbonyl (C=O) groups is 1. The molecule has 0 atom stereocenters. The number of amides is 1. The number of fused-ring (bicyclic) bond motifs is 1. The van der Waals surface area contributed by atoms with Crippen LogP contribution >= 0.6 is 22.9 Å². The Labute approximate surface area is 209 Å². The molecule has 1 amide bonds. The summed E-state index contributed by atoms with van der Waals surface area (Å²) in [5, 5.41) is 4.26. The first-order valence-corrected chi connectivity index (χ1v) is 14.1. The van der Waals surface area contributed by atoms with Gasteiger partial charge in [0.15, 0.2) is 0 Å². The molecule has 1 fully saturated rings. The van der Waals surface area contributed by atoms with Crippen molar-refractivity contribution in [2.45, 2.75) is 55.9 Å². The molecule has 0 aliphatic heterocycles. The maximum Gasteiger partial charge on any atom is 0.264 e. The Morgan fingerprint density at radius 2 is 1.76 bits per heavy atom. The van der Waals surface area contributed by atoms with Gasteiger partial charge in [-0.3, -0.25) is 9.10 Å². The Morgan fingerprint density at radius 1 is 1.06 bits per heavy atom. The minimum absolute atomic E-state index is 0.0535. The number of carbonyl (C=O) groups excluding carboxylic acids is 1. The maximum absolute atomic E-state index is 13.2. The maximum atomic E-state index is 13.2. The van der Waals surface area contributed by atoms with E-state index in [1.165, 1.54) is 67.3 Å². The molecule has 1 aliphatic carbocycles. The number of rotatable bonds is 6. The number of nitrogens with one attached hydrogen (secondary N) is 1. The summed E-state index contributed by atoms with van der Waals surface area (Å²) in [6, 6.07) is 11.8. The Hall–Kier alpha value is -2.29. The summed E-state index contributed by atoms with van der Waals surface area (Å²) in [7, 11) is -0.847. The molecule has 1 saturated carbocycles. The van der Waals surface area contributed by atoms with Gasteiger partial charge in [0.05, 0.1) is 27.6 Å². The van der Waals surface area contributed by atoms with Crippen LogP contribution in [0, 0.1) is 0 Å². The Bertz CT molecular complexity index is 1280. The van der Waals surface area contributed by atoms with Crippen LogP contribution in [0.2, 0.25) is 5.02 Å². The molecule has 1 heterocycles. The van der Waals surface area contributed by atoms with Crippen LogP contribution in [0.3, 0.4) is 0 Å². The highest BCUT2D eigenvalue weighted by molar-refractivity contribution is 7.92. The van der Waals surface area contributed by atoms with Gasteiger partial charge < -0.3 is 10.1 Å². The number of methoxy groups -OCH3 is 1. The molecular weight excluding hydrogens is 492 g/mol. The van der Waals surface area contributed by atoms with Crippen LogP contribution in [0.1, 0.15) is 54.6 Å². The monoisotopic (exact) mass is 520 g/mol. The third-order valence-electron chi connectivity index (χ3n) is 6.31. The molecule has 0 unspecified atom stereocenters. The first-order valence-electron chi connectivity index (χ1n) is 11.5. The molecule has 0 spiro atoms. The summed E-state index contributed by atoms with van der Waals surface area (Å²) in [5.41, 5.74) is 0.504. The van der Waals surface area contributed by atoms with E-state index in [1.807, 2.05) is 12.1 Å². The van der Waals surface area contributed by atoms with Gasteiger partial charge in [0.1, 0.15) is 5.75 Å². The first-order chi connectivity index (χ1) is 16.3. The molecule has 1 aliphatic rings. The van der Waals surface area contributed by atoms with E-state index in [0.717, 1.165) is 35.8 Å². The molecular formula is C25H29ClN2O4S2. The normalized spacial score (nSPS) is 15.5. The molecule has 1 N–H and O–H groups in total. The molecule has 3 aromatic rings. The minimum atomic E-state index is -3.83. The van der Waals surface area contributed by atoms with Crippen LogP contribution in [0.4, 0.5) is 5.69 Å². The highest BCUT2D eigenvalue weighted by atomic mass is 35.5. The topological polar surface area (TPSA) is 75.7 Å². The summed E-state index contributed by atoms with van der Waals surface area (Å²) in [5.74, 6) is 0.357. The fourth-order valence-electron chi connectivity index (χ4n) is 4.30. The van der Waals surface area contributed by atoms with Crippen molar-refractivity contribution >= 4 is 54.6 Å². The van der Waals surface area contributed by atoms with E-state index in [9.17, 15) is 13.2 Å². The number of sulfonamides is 1. The number of thiophene rings is 1. The summed E-state index contributed by atoms with van der Waals surface area (Å²) in [6.45, 7) is 0. The second-order valence-electron chi connectivity index (χ2n) is 8.62. The van der Waals surface area contributed by atoms with Crippen LogP contribution in [-0.2, 0) is 10.0 Å². The minimum Gasteiger partial charge on any atom is -0.495 e. The van der Waals surface area contributed by atoms with Gasteiger partial charge in [-0.2, -0.15) is 0 Å². The van der Waals surface area contributed by atoms with E-state index in [2.05, 4.69) is 5.32 Å². The van der Waals surface area contributed by atoms with Gasteiger partial charge in [0, 0.05) is 17.8 Å². The number of ether oxygens (including phenoxy) is 1. The van der Waals surface area contributed by atoms with E-state index < -0.39 is 10.0 Å². The van der Waals surface area contributed by atoms with Gasteiger partial charge in [-0.15, -0.1) is 11.3 Å². The van der Waals surface area contributed by atoms with Crippen molar-refractivity contribution in [3.05, 3.63) is 52.4 Å². The van der Waals surface area contributed by atoms with E-state index in [1.54, 1.807) is 12.1 Å². The number of halogens is 1. The molecule has 0 saturated heterocycles. The fraction of sp³-hybridized carbons (Fsp3) is 0.400. The first kappa shape index (κ1) is 24.8. The van der Waals surface area contributed by atoms with Gasteiger partial charge >= 0.3 is 0 Å². The van der Waals surface area contributed by atoms with Gasteiger partial charge in [-0.1, -0.05) is 43.7 Å². The fourth-order valence-corrected chi connectivity index (χ4v) is 6.78. The molecule has 9 heteroatoms. The van der Waals surface area contributed by atoms with E-state index in [4.69, 9.17) is 16.3 Å². The van der Waals surface area contributed by atoms with Gasteiger partial charge in [0.2, 0.25) is 0 Å². The smallest absolute Gasteiger partial charge is 0.264 e. The zero-order chi connectivity index (χ0) is 24.3. The Kier molecular flexibility index (Phi) is 7.70. The van der Waals surface area contributed by atoms with Crippen molar-refractivity contribution < 1.29 is 17.9 Å². The molecule has 0 bridgehead atoms. The van der Waals surface area contributed by atoms with E-state index in [-0.39, 0.29) is 21.9 Å². The predicted octanol–water partition coefficient (Wildman–Crippen LogP) is 6.23. The Morgan fingerprint density at radius 3 is 2.44 bits per heavy atom. The highest BCUT2D eigenvalue weighted by Gasteiger charge is 2.23. The average molecular weight is 521 g/mol. The number of hydrogen-bond donors (Lipinski definition) is 1. The van der Waals surface area contributed by atoms with Crippen LogP contribution < -0.4 is 14.4 Å². The summed E-state index contributed by atoms with van der Waals surface area (Å²) in [6.07, 6.45) is 8.11. The summed E-state index contributed by atoms with van der Waals surface area (Å²) >= 11 is 7.56. The molecule has 2 aromatic carbocycles. The van der Waals surface area contributed by atoms with Crippen LogP contribution in [-0.4, -0.2) is 34.5 Å². The molecule has 182 valence electrons. The summed E-state index contributed by atoms with van der Waals surface area (Å²) in [4.78, 5) is 13.6. The van der Waals surface area contributed by atoms with Crippen molar-refractivity contribution in [1.82, 2.24) is 5.32 Å². The van der Waals surface area contributed by atoms with Gasteiger partial charge in [-0.05, 0) is 60.7 Å².